The molecule has 0 radical (unpaired) electrons. The fourth-order valence-electron chi connectivity index (χ4n) is 5.09. The first-order valence-corrected chi connectivity index (χ1v) is 12.0. The highest BCUT2D eigenvalue weighted by atomic mass is 16.6. The van der Waals surface area contributed by atoms with Crippen molar-refractivity contribution in [2.75, 3.05) is 6.54 Å². The van der Waals surface area contributed by atoms with Crippen LogP contribution in [0, 0.1) is 10.1 Å². The van der Waals surface area contributed by atoms with Gasteiger partial charge in [0, 0.05) is 23.9 Å². The van der Waals surface area contributed by atoms with Crippen molar-refractivity contribution in [3.63, 3.8) is 0 Å². The van der Waals surface area contributed by atoms with E-state index in [0.717, 1.165) is 36.9 Å². The van der Waals surface area contributed by atoms with E-state index >= 15 is 0 Å². The van der Waals surface area contributed by atoms with E-state index in [2.05, 4.69) is 70.9 Å². The zero-order valence-corrected chi connectivity index (χ0v) is 19.6. The molecule has 2 aliphatic rings. The van der Waals surface area contributed by atoms with Crippen molar-refractivity contribution in [3.05, 3.63) is 116 Å². The van der Waals surface area contributed by atoms with E-state index in [0.29, 0.717) is 0 Å². The molecule has 5 rings (SSSR count). The van der Waals surface area contributed by atoms with Crippen LogP contribution >= 0.6 is 0 Å². The zero-order chi connectivity index (χ0) is 24.4. The van der Waals surface area contributed by atoms with Gasteiger partial charge in [0.2, 0.25) is 0 Å². The number of carbonyl (C=O) groups excluding carboxylic acids is 1. The van der Waals surface area contributed by atoms with Crippen molar-refractivity contribution < 1.29 is 9.72 Å². The van der Waals surface area contributed by atoms with Gasteiger partial charge in [-0.2, -0.15) is 0 Å². The summed E-state index contributed by atoms with van der Waals surface area (Å²) in [5.74, 6) is -0.442. The summed E-state index contributed by atoms with van der Waals surface area (Å²) in [6.07, 6.45) is 6.97. The van der Waals surface area contributed by atoms with Crippen molar-refractivity contribution in [1.82, 2.24) is 10.2 Å². The molecule has 1 amide bonds. The number of nitro benzene ring substituents is 1. The predicted octanol–water partition coefficient (Wildman–Crippen LogP) is 6.10. The average Bonchev–Trinajstić information content (AvgIpc) is 3.05. The van der Waals surface area contributed by atoms with Crippen molar-refractivity contribution >= 4 is 29.3 Å². The monoisotopic (exact) mass is 465 g/mol. The van der Waals surface area contributed by atoms with E-state index in [1.54, 1.807) is 12.1 Å². The zero-order valence-electron chi connectivity index (χ0n) is 19.6. The van der Waals surface area contributed by atoms with Gasteiger partial charge in [0.1, 0.15) is 5.56 Å². The van der Waals surface area contributed by atoms with Crippen LogP contribution in [0.3, 0.4) is 0 Å². The Bertz CT molecular complexity index is 1310. The lowest BCUT2D eigenvalue weighted by atomic mass is 9.88. The largest absolute Gasteiger partial charge is 0.354 e. The Kier molecular flexibility index (Phi) is 6.19. The van der Waals surface area contributed by atoms with Crippen molar-refractivity contribution in [3.8, 4) is 0 Å². The third kappa shape index (κ3) is 4.35. The number of carbonyl (C=O) groups is 1. The molecule has 1 N–H and O–H groups in total. The van der Waals surface area contributed by atoms with Gasteiger partial charge in [-0.05, 0) is 54.5 Å². The summed E-state index contributed by atoms with van der Waals surface area (Å²) in [7, 11) is 0. The number of nitrogens with zero attached hydrogens (tertiary/aromatic N) is 2. The number of nitrogens with one attached hydrogen (secondary N) is 1. The molecular formula is C29H27N3O3. The molecule has 0 spiro atoms. The van der Waals surface area contributed by atoms with E-state index < -0.39 is 10.8 Å². The Morgan fingerprint density at radius 3 is 2.17 bits per heavy atom. The van der Waals surface area contributed by atoms with Gasteiger partial charge in [-0.25, -0.2) is 0 Å². The minimum atomic E-state index is -0.514. The van der Waals surface area contributed by atoms with Crippen LogP contribution in [0.2, 0.25) is 0 Å². The summed E-state index contributed by atoms with van der Waals surface area (Å²) in [6.45, 7) is 2.75. The van der Waals surface area contributed by atoms with Gasteiger partial charge < -0.3 is 10.2 Å². The van der Waals surface area contributed by atoms with Crippen LogP contribution in [0.4, 0.5) is 5.69 Å². The molecule has 1 saturated heterocycles. The Morgan fingerprint density at radius 2 is 1.51 bits per heavy atom. The molecule has 1 atom stereocenters. The molecule has 0 saturated carbocycles. The number of hydrogen-bond acceptors (Lipinski definition) is 4. The Labute approximate surface area is 204 Å². The first-order valence-electron chi connectivity index (χ1n) is 12.0. The van der Waals surface area contributed by atoms with E-state index in [1.165, 1.54) is 34.5 Å². The quantitative estimate of drug-likeness (QED) is 0.292. The van der Waals surface area contributed by atoms with Gasteiger partial charge in [0.25, 0.3) is 11.6 Å². The molecule has 1 unspecified atom stereocenters. The lowest BCUT2D eigenvalue weighted by Crippen LogP contribution is -2.47. The van der Waals surface area contributed by atoms with Crippen LogP contribution in [0.1, 0.15) is 58.8 Å². The normalized spacial score (nSPS) is 15.6. The van der Waals surface area contributed by atoms with Crippen LogP contribution in [0.5, 0.6) is 0 Å². The number of allylic oxidation sites excluding steroid dienone is 1. The standard InChI is InChI=1S/C29H27N3O3/c1-20(30-29(33)25-14-6-7-15-26(25)32(34)35)31-19-9-8-16-27(31)28-23-12-4-2-10-21(23)17-18-22-11-3-5-13-24(22)28/h2-7,10-15,17-18,20H,8-9,16,19H2,1H3,(H,30,33). The molecule has 1 fully saturated rings. The second-order valence-electron chi connectivity index (χ2n) is 8.90. The summed E-state index contributed by atoms with van der Waals surface area (Å²) in [4.78, 5) is 26.3. The highest BCUT2D eigenvalue weighted by Gasteiger charge is 2.29. The smallest absolute Gasteiger partial charge is 0.282 e. The molecule has 3 aromatic carbocycles. The third-order valence-corrected chi connectivity index (χ3v) is 6.75. The maximum atomic E-state index is 13.1. The number of rotatable bonds is 4. The first-order chi connectivity index (χ1) is 17.0. The second kappa shape index (κ2) is 9.58. The summed E-state index contributed by atoms with van der Waals surface area (Å²) in [5, 5.41) is 14.5. The topological polar surface area (TPSA) is 75.5 Å². The van der Waals surface area contributed by atoms with E-state index in [1.807, 2.05) is 6.92 Å². The minimum Gasteiger partial charge on any atom is -0.354 e. The van der Waals surface area contributed by atoms with E-state index in [-0.39, 0.29) is 17.4 Å². The molecule has 6 heteroatoms. The molecule has 1 aliphatic heterocycles. The van der Waals surface area contributed by atoms with Gasteiger partial charge in [-0.1, -0.05) is 72.8 Å². The number of benzene rings is 3. The maximum Gasteiger partial charge on any atom is 0.282 e. The lowest BCUT2D eigenvalue weighted by molar-refractivity contribution is -0.385. The minimum absolute atomic E-state index is 0.0740. The Balaban J connectivity index is 1.57. The van der Waals surface area contributed by atoms with Crippen molar-refractivity contribution in [2.45, 2.75) is 32.4 Å². The van der Waals surface area contributed by atoms with Crippen molar-refractivity contribution in [2.24, 2.45) is 0 Å². The molecule has 176 valence electrons. The number of fused-ring (bicyclic) bond motifs is 2. The fraction of sp³-hybridized carbons (Fsp3) is 0.207. The number of likely N-dealkylation sites (tertiary alicyclic amines) is 1. The fourth-order valence-corrected chi connectivity index (χ4v) is 5.09. The van der Waals surface area contributed by atoms with Gasteiger partial charge in [-0.3, -0.25) is 14.9 Å². The van der Waals surface area contributed by atoms with Crippen LogP contribution < -0.4 is 5.32 Å². The predicted molar refractivity (Wildman–Crippen MR) is 138 cm³/mol. The Hall–Kier alpha value is -4.19. The number of para-hydroxylation sites is 1. The van der Waals surface area contributed by atoms with Crippen molar-refractivity contribution in [1.29, 1.82) is 0 Å². The van der Waals surface area contributed by atoms with Crippen LogP contribution in [0.25, 0.3) is 17.7 Å². The Morgan fingerprint density at radius 1 is 0.914 bits per heavy atom. The SMILES string of the molecule is CC(NC(=O)c1ccccc1[N+](=O)[O-])N1CCCCC1=C1c2ccccc2C=Cc2ccccc21. The summed E-state index contributed by atoms with van der Waals surface area (Å²) in [6, 6.07) is 22.9. The molecule has 0 aromatic heterocycles. The highest BCUT2D eigenvalue weighted by Crippen LogP contribution is 2.40. The number of piperidine rings is 1. The van der Waals surface area contributed by atoms with E-state index in [9.17, 15) is 14.9 Å². The van der Waals surface area contributed by atoms with E-state index in [4.69, 9.17) is 0 Å². The molecule has 1 aliphatic carbocycles. The van der Waals surface area contributed by atoms with Gasteiger partial charge >= 0.3 is 0 Å². The molecule has 6 nitrogen and oxygen atoms in total. The maximum absolute atomic E-state index is 13.1. The summed E-state index contributed by atoms with van der Waals surface area (Å²) >= 11 is 0. The molecule has 35 heavy (non-hydrogen) atoms. The van der Waals surface area contributed by atoms with Crippen LogP contribution in [-0.2, 0) is 0 Å². The van der Waals surface area contributed by atoms with Crippen LogP contribution in [-0.4, -0.2) is 28.4 Å². The number of amides is 1. The summed E-state index contributed by atoms with van der Waals surface area (Å²) < 4.78 is 0. The lowest BCUT2D eigenvalue weighted by Gasteiger charge is -2.39. The van der Waals surface area contributed by atoms with Gasteiger partial charge in [-0.15, -0.1) is 0 Å². The molecule has 3 aromatic rings. The molecular weight excluding hydrogens is 438 g/mol. The first kappa shape index (κ1) is 22.6. The number of nitro groups is 1. The highest BCUT2D eigenvalue weighted by molar-refractivity contribution is 5.98. The molecule has 1 heterocycles. The van der Waals surface area contributed by atoms with Crippen LogP contribution in [0.15, 0.2) is 78.5 Å². The van der Waals surface area contributed by atoms with Gasteiger partial charge in [0.15, 0.2) is 0 Å². The average molecular weight is 466 g/mol. The van der Waals surface area contributed by atoms with Gasteiger partial charge in [0.05, 0.1) is 11.1 Å². The molecule has 0 bridgehead atoms. The second-order valence-corrected chi connectivity index (χ2v) is 8.90. The number of hydrogen-bond donors (Lipinski definition) is 1. The third-order valence-electron chi connectivity index (χ3n) is 6.75. The summed E-state index contributed by atoms with van der Waals surface area (Å²) in [5.41, 5.74) is 6.93.